The number of anilines is 1. The summed E-state index contributed by atoms with van der Waals surface area (Å²) in [6.07, 6.45) is 0.476. The van der Waals surface area contributed by atoms with Crippen LogP contribution in [0.2, 0.25) is 5.02 Å². The van der Waals surface area contributed by atoms with Gasteiger partial charge in [-0.1, -0.05) is 11.6 Å². The number of rotatable bonds is 2. The third kappa shape index (κ3) is 3.43. The van der Waals surface area contributed by atoms with Crippen molar-refractivity contribution in [2.24, 2.45) is 0 Å². The maximum absolute atomic E-state index is 12.5. The van der Waals surface area contributed by atoms with Gasteiger partial charge in [0.2, 0.25) is 0 Å². The van der Waals surface area contributed by atoms with E-state index in [0.29, 0.717) is 29.2 Å². The zero-order chi connectivity index (χ0) is 14.8. The number of nitrogens with one attached hydrogen (secondary N) is 1. The molecule has 7 heteroatoms. The van der Waals surface area contributed by atoms with Gasteiger partial charge in [0.15, 0.2) is 9.84 Å². The zero-order valence-corrected chi connectivity index (χ0v) is 12.8. The monoisotopic (exact) mass is 316 g/mol. The average molecular weight is 317 g/mol. The van der Waals surface area contributed by atoms with E-state index in [9.17, 15) is 13.2 Å². The Kier molecular flexibility index (Phi) is 4.55. The molecular formula is C13H17ClN2O3S. The van der Waals surface area contributed by atoms with E-state index in [-0.39, 0.29) is 24.0 Å². The number of carbonyl (C=O) groups is 1. The summed E-state index contributed by atoms with van der Waals surface area (Å²) in [5.74, 6) is -0.0201. The second kappa shape index (κ2) is 6.01. The SMILES string of the molecule is CNc1ccc(Cl)cc1C(=O)N1CCCS(=O)(=O)CC1. The van der Waals surface area contributed by atoms with Crippen LogP contribution in [0.1, 0.15) is 16.8 Å². The van der Waals surface area contributed by atoms with Crippen LogP contribution in [0.25, 0.3) is 0 Å². The van der Waals surface area contributed by atoms with Crippen molar-refractivity contribution in [1.82, 2.24) is 4.90 Å². The molecule has 2 rings (SSSR count). The van der Waals surface area contributed by atoms with E-state index in [1.807, 2.05) is 0 Å². The molecule has 1 aliphatic rings. The van der Waals surface area contributed by atoms with Crippen molar-refractivity contribution in [3.8, 4) is 0 Å². The molecule has 0 bridgehead atoms. The molecule has 1 aromatic rings. The molecule has 0 aliphatic carbocycles. The van der Waals surface area contributed by atoms with Gasteiger partial charge in [-0.15, -0.1) is 0 Å². The highest BCUT2D eigenvalue weighted by atomic mass is 35.5. The summed E-state index contributed by atoms with van der Waals surface area (Å²) in [6, 6.07) is 5.05. The molecule has 0 aromatic heterocycles. The Labute approximate surface area is 123 Å². The summed E-state index contributed by atoms with van der Waals surface area (Å²) in [7, 11) is -1.30. The fourth-order valence-electron chi connectivity index (χ4n) is 2.22. The van der Waals surface area contributed by atoms with Crippen LogP contribution in [0, 0.1) is 0 Å². The van der Waals surface area contributed by atoms with E-state index in [1.54, 1.807) is 30.1 Å². The molecule has 1 amide bonds. The lowest BCUT2D eigenvalue weighted by Crippen LogP contribution is -2.34. The lowest BCUT2D eigenvalue weighted by atomic mass is 10.1. The molecular weight excluding hydrogens is 300 g/mol. The van der Waals surface area contributed by atoms with Gasteiger partial charge in [0.25, 0.3) is 5.91 Å². The number of sulfone groups is 1. The molecule has 1 fully saturated rings. The second-order valence-electron chi connectivity index (χ2n) is 4.74. The summed E-state index contributed by atoms with van der Waals surface area (Å²) in [4.78, 5) is 14.1. The fourth-order valence-corrected chi connectivity index (χ4v) is 3.67. The molecule has 1 heterocycles. The molecule has 0 atom stereocenters. The number of hydrogen-bond acceptors (Lipinski definition) is 4. The van der Waals surface area contributed by atoms with Gasteiger partial charge >= 0.3 is 0 Å². The zero-order valence-electron chi connectivity index (χ0n) is 11.2. The van der Waals surface area contributed by atoms with E-state index in [2.05, 4.69) is 5.32 Å². The molecule has 0 saturated carbocycles. The fraction of sp³-hybridized carbons (Fsp3) is 0.462. The van der Waals surface area contributed by atoms with Crippen LogP contribution in [0.3, 0.4) is 0 Å². The molecule has 0 unspecified atom stereocenters. The van der Waals surface area contributed by atoms with Crippen molar-refractivity contribution in [1.29, 1.82) is 0 Å². The first-order valence-corrected chi connectivity index (χ1v) is 8.60. The average Bonchev–Trinajstić information content (AvgIpc) is 2.59. The second-order valence-corrected chi connectivity index (χ2v) is 7.48. The molecule has 1 aromatic carbocycles. The lowest BCUT2D eigenvalue weighted by molar-refractivity contribution is 0.0769. The van der Waals surface area contributed by atoms with Gasteiger partial charge in [-0.3, -0.25) is 4.79 Å². The van der Waals surface area contributed by atoms with E-state index >= 15 is 0 Å². The molecule has 1 N–H and O–H groups in total. The summed E-state index contributed by atoms with van der Waals surface area (Å²) < 4.78 is 23.2. The molecule has 1 aliphatic heterocycles. The highest BCUT2D eigenvalue weighted by Gasteiger charge is 2.24. The topological polar surface area (TPSA) is 66.5 Å². The van der Waals surface area contributed by atoms with E-state index in [4.69, 9.17) is 11.6 Å². The highest BCUT2D eigenvalue weighted by Crippen LogP contribution is 2.22. The number of amides is 1. The number of nitrogens with zero attached hydrogens (tertiary/aromatic N) is 1. The van der Waals surface area contributed by atoms with E-state index in [0.717, 1.165) is 0 Å². The third-order valence-electron chi connectivity index (χ3n) is 3.32. The number of hydrogen-bond donors (Lipinski definition) is 1. The Hall–Kier alpha value is -1.27. The van der Waals surface area contributed by atoms with Gasteiger partial charge in [-0.05, 0) is 24.6 Å². The first-order valence-electron chi connectivity index (χ1n) is 6.40. The molecule has 0 spiro atoms. The largest absolute Gasteiger partial charge is 0.387 e. The standard InChI is InChI=1S/C13H17ClN2O3S/c1-15-12-4-3-10(14)9-11(12)13(17)16-5-2-7-20(18,19)8-6-16/h3-4,9,15H,2,5-8H2,1H3. The van der Waals surface area contributed by atoms with Gasteiger partial charge in [0.05, 0.1) is 17.1 Å². The smallest absolute Gasteiger partial charge is 0.256 e. The van der Waals surface area contributed by atoms with Gasteiger partial charge < -0.3 is 10.2 Å². The quantitative estimate of drug-likeness (QED) is 0.901. The van der Waals surface area contributed by atoms with Crippen molar-refractivity contribution in [2.75, 3.05) is 37.0 Å². The third-order valence-corrected chi connectivity index (χ3v) is 5.27. The van der Waals surface area contributed by atoms with Crippen molar-refractivity contribution in [2.45, 2.75) is 6.42 Å². The minimum Gasteiger partial charge on any atom is -0.387 e. The van der Waals surface area contributed by atoms with Crippen molar-refractivity contribution in [3.63, 3.8) is 0 Å². The summed E-state index contributed by atoms with van der Waals surface area (Å²) >= 11 is 5.94. The summed E-state index contributed by atoms with van der Waals surface area (Å²) in [5, 5.41) is 3.43. The lowest BCUT2D eigenvalue weighted by Gasteiger charge is -2.21. The predicted octanol–water partition coefficient (Wildman–Crippen LogP) is 1.64. The van der Waals surface area contributed by atoms with Crippen molar-refractivity contribution >= 4 is 33.0 Å². The minimum absolute atomic E-state index is 0.0220. The van der Waals surface area contributed by atoms with E-state index < -0.39 is 9.84 Å². The number of halogens is 1. The van der Waals surface area contributed by atoms with Gasteiger partial charge in [-0.2, -0.15) is 0 Å². The Morgan fingerprint density at radius 2 is 2.05 bits per heavy atom. The van der Waals surface area contributed by atoms with Crippen LogP contribution < -0.4 is 5.32 Å². The molecule has 110 valence electrons. The van der Waals surface area contributed by atoms with Crippen molar-refractivity contribution in [3.05, 3.63) is 28.8 Å². The first-order chi connectivity index (χ1) is 9.43. The molecule has 0 radical (unpaired) electrons. The minimum atomic E-state index is -3.03. The van der Waals surface area contributed by atoms with E-state index in [1.165, 1.54) is 0 Å². The Morgan fingerprint density at radius 3 is 2.75 bits per heavy atom. The Morgan fingerprint density at radius 1 is 1.30 bits per heavy atom. The molecule has 20 heavy (non-hydrogen) atoms. The van der Waals surface area contributed by atoms with Crippen LogP contribution in [-0.4, -0.2) is 50.9 Å². The first kappa shape index (κ1) is 15.1. The van der Waals surface area contributed by atoms with Crippen LogP contribution >= 0.6 is 11.6 Å². The Bertz CT molecular complexity index is 616. The van der Waals surface area contributed by atoms with Gasteiger partial charge in [-0.25, -0.2) is 8.42 Å². The number of benzene rings is 1. The van der Waals surface area contributed by atoms with Crippen LogP contribution in [0.5, 0.6) is 0 Å². The van der Waals surface area contributed by atoms with Crippen molar-refractivity contribution < 1.29 is 13.2 Å². The maximum atomic E-state index is 12.5. The summed E-state index contributed by atoms with van der Waals surface area (Å²) in [5.41, 5.74) is 1.16. The highest BCUT2D eigenvalue weighted by molar-refractivity contribution is 7.91. The molecule has 5 nitrogen and oxygen atoms in total. The molecule has 1 saturated heterocycles. The normalized spacial score (nSPS) is 18.4. The summed E-state index contributed by atoms with van der Waals surface area (Å²) in [6.45, 7) is 0.685. The predicted molar refractivity (Wildman–Crippen MR) is 80.2 cm³/mol. The van der Waals surface area contributed by atoms with Gasteiger partial charge in [0.1, 0.15) is 0 Å². The van der Waals surface area contributed by atoms with Crippen LogP contribution in [-0.2, 0) is 9.84 Å². The number of carbonyl (C=O) groups excluding carboxylic acids is 1. The van der Waals surface area contributed by atoms with Crippen LogP contribution in [0.4, 0.5) is 5.69 Å². The van der Waals surface area contributed by atoms with Crippen LogP contribution in [0.15, 0.2) is 18.2 Å². The Balaban J connectivity index is 2.25. The van der Waals surface area contributed by atoms with Gasteiger partial charge in [0, 0.05) is 30.8 Å². The maximum Gasteiger partial charge on any atom is 0.256 e.